The Morgan fingerprint density at radius 1 is 0.949 bits per heavy atom. The van der Waals surface area contributed by atoms with Crippen molar-refractivity contribution >= 4 is 56.5 Å². The molecule has 7 nitrogen and oxygen atoms in total. The summed E-state index contributed by atoms with van der Waals surface area (Å²) in [4.78, 5) is 31.6. The van der Waals surface area contributed by atoms with Gasteiger partial charge in [-0.2, -0.15) is 0 Å². The van der Waals surface area contributed by atoms with Gasteiger partial charge in [0, 0.05) is 29.3 Å². The molecule has 6 rings (SSSR count). The van der Waals surface area contributed by atoms with E-state index in [-0.39, 0.29) is 21.8 Å². The Morgan fingerprint density at radius 3 is 2.51 bits per heavy atom. The van der Waals surface area contributed by atoms with Gasteiger partial charge in [-0.1, -0.05) is 83.8 Å². The van der Waals surface area contributed by atoms with Gasteiger partial charge in [-0.15, -0.1) is 10.2 Å². The molecule has 1 N–H and O–H groups in total. The molecule has 5 aromatic rings. The van der Waals surface area contributed by atoms with Crippen molar-refractivity contribution in [1.29, 1.82) is 0 Å². The third-order valence-corrected chi connectivity index (χ3v) is 8.54. The van der Waals surface area contributed by atoms with Crippen LogP contribution < -0.4 is 4.90 Å². The molecule has 2 aromatic heterocycles. The number of amides is 1. The van der Waals surface area contributed by atoms with Crippen LogP contribution in [0.15, 0.2) is 101 Å². The first-order chi connectivity index (χ1) is 19.0. The Balaban J connectivity index is 1.37. The second-order valence-electron chi connectivity index (χ2n) is 8.70. The number of pyridine rings is 1. The van der Waals surface area contributed by atoms with E-state index in [1.807, 2.05) is 24.3 Å². The van der Waals surface area contributed by atoms with Gasteiger partial charge in [-0.3, -0.25) is 19.5 Å². The van der Waals surface area contributed by atoms with Gasteiger partial charge < -0.3 is 5.11 Å². The van der Waals surface area contributed by atoms with Gasteiger partial charge in [0.1, 0.15) is 17.6 Å². The van der Waals surface area contributed by atoms with Gasteiger partial charge in [0.25, 0.3) is 5.78 Å². The summed E-state index contributed by atoms with van der Waals surface area (Å²) < 4.78 is 15.6. The molecule has 192 valence electrons. The lowest BCUT2D eigenvalue weighted by atomic mass is 9.95. The summed E-state index contributed by atoms with van der Waals surface area (Å²) in [6.07, 6.45) is 2.90. The highest BCUT2D eigenvalue weighted by atomic mass is 32.2. The number of aromatic nitrogens is 3. The van der Waals surface area contributed by atoms with Crippen LogP contribution in [0.5, 0.6) is 0 Å². The molecule has 3 aromatic carbocycles. The number of anilines is 1. The Morgan fingerprint density at radius 2 is 1.69 bits per heavy atom. The van der Waals surface area contributed by atoms with E-state index in [2.05, 4.69) is 33.4 Å². The maximum absolute atomic E-state index is 15.1. The number of halogens is 1. The van der Waals surface area contributed by atoms with Gasteiger partial charge in [0.15, 0.2) is 4.34 Å². The largest absolute Gasteiger partial charge is 0.507 e. The van der Waals surface area contributed by atoms with Crippen LogP contribution in [0.2, 0.25) is 0 Å². The van der Waals surface area contributed by atoms with E-state index in [9.17, 15) is 14.7 Å². The number of Topliss-reactive ketones (excluding diaryl/α,β-unsaturated/α-hetero) is 1. The molecular formula is C29H19FN4O3S2. The smallest absolute Gasteiger partial charge is 0.301 e. The third kappa shape index (κ3) is 4.58. The number of rotatable bonds is 6. The van der Waals surface area contributed by atoms with Crippen LogP contribution >= 0.6 is 23.1 Å². The summed E-state index contributed by atoms with van der Waals surface area (Å²) in [5.74, 6) is -2.27. The van der Waals surface area contributed by atoms with Crippen LogP contribution in [0.3, 0.4) is 0 Å². The van der Waals surface area contributed by atoms with E-state index >= 15 is 4.39 Å². The fourth-order valence-electron chi connectivity index (χ4n) is 4.60. The third-order valence-electron chi connectivity index (χ3n) is 6.43. The molecule has 0 bridgehead atoms. The van der Waals surface area contributed by atoms with Crippen LogP contribution in [0, 0.1) is 5.82 Å². The van der Waals surface area contributed by atoms with Crippen molar-refractivity contribution in [3.63, 3.8) is 0 Å². The molecule has 1 aliphatic rings. The van der Waals surface area contributed by atoms with Gasteiger partial charge in [-0.25, -0.2) is 4.39 Å². The van der Waals surface area contributed by atoms with Crippen molar-refractivity contribution < 1.29 is 19.1 Å². The van der Waals surface area contributed by atoms with Crippen molar-refractivity contribution in [2.24, 2.45) is 0 Å². The molecular weight excluding hydrogens is 535 g/mol. The van der Waals surface area contributed by atoms with Gasteiger partial charge in [-0.05, 0) is 34.5 Å². The van der Waals surface area contributed by atoms with Gasteiger partial charge >= 0.3 is 5.91 Å². The number of aliphatic hydroxyl groups is 1. The normalized spacial score (nSPS) is 16.7. The Bertz CT molecular complexity index is 1750. The van der Waals surface area contributed by atoms with E-state index < -0.39 is 29.3 Å². The van der Waals surface area contributed by atoms with E-state index in [1.165, 1.54) is 54.5 Å². The lowest BCUT2D eigenvalue weighted by molar-refractivity contribution is -0.132. The first-order valence-electron chi connectivity index (χ1n) is 11.9. The van der Waals surface area contributed by atoms with Crippen molar-refractivity contribution in [3.8, 4) is 0 Å². The minimum absolute atomic E-state index is 0.0625. The molecule has 0 radical (unpaired) electrons. The van der Waals surface area contributed by atoms with E-state index in [0.29, 0.717) is 10.1 Å². The van der Waals surface area contributed by atoms with Crippen LogP contribution in [-0.2, 0) is 15.3 Å². The maximum atomic E-state index is 15.1. The number of thioether (sulfide) groups is 1. The molecule has 0 aliphatic carbocycles. The van der Waals surface area contributed by atoms with Crippen LogP contribution in [0.4, 0.5) is 9.52 Å². The fourth-order valence-corrected chi connectivity index (χ4v) is 6.47. The lowest BCUT2D eigenvalue weighted by Gasteiger charge is -2.22. The topological polar surface area (TPSA) is 96.3 Å². The zero-order valence-corrected chi connectivity index (χ0v) is 21.8. The summed E-state index contributed by atoms with van der Waals surface area (Å²) in [5, 5.41) is 21.9. The zero-order chi connectivity index (χ0) is 26.9. The molecule has 10 heteroatoms. The van der Waals surface area contributed by atoms with E-state index in [1.54, 1.807) is 6.07 Å². The molecule has 3 heterocycles. The summed E-state index contributed by atoms with van der Waals surface area (Å²) in [6, 6.07) is 21.8. The number of carbonyl (C=O) groups excluding carboxylic acids is 2. The van der Waals surface area contributed by atoms with Crippen LogP contribution in [0.1, 0.15) is 22.7 Å². The predicted octanol–water partition coefficient (Wildman–Crippen LogP) is 6.14. The highest BCUT2D eigenvalue weighted by Crippen LogP contribution is 2.44. The van der Waals surface area contributed by atoms with E-state index in [4.69, 9.17) is 0 Å². The van der Waals surface area contributed by atoms with Crippen molar-refractivity contribution in [1.82, 2.24) is 15.2 Å². The number of carbonyl (C=O) groups is 2. The quantitative estimate of drug-likeness (QED) is 0.0885. The SMILES string of the molecule is O=C1C(=O)N(c2nnc(SCc3cccc4ccccc34)s2)C(c2ccccc2F)C1=C(O)c1ccncc1. The molecule has 1 saturated heterocycles. The average molecular weight is 555 g/mol. The highest BCUT2D eigenvalue weighted by Gasteiger charge is 2.49. The Hall–Kier alpha value is -4.41. The monoisotopic (exact) mass is 554 g/mol. The number of hydrogen-bond donors (Lipinski definition) is 1. The summed E-state index contributed by atoms with van der Waals surface area (Å²) in [5.41, 5.74) is 1.25. The Labute approximate surface area is 230 Å². The highest BCUT2D eigenvalue weighted by molar-refractivity contribution is 8.00. The zero-order valence-electron chi connectivity index (χ0n) is 20.2. The summed E-state index contributed by atoms with van der Waals surface area (Å²) in [6.45, 7) is 0. The number of aliphatic hydroxyl groups excluding tert-OH is 1. The molecule has 39 heavy (non-hydrogen) atoms. The maximum Gasteiger partial charge on any atom is 0.301 e. The molecule has 1 amide bonds. The number of benzene rings is 3. The predicted molar refractivity (Wildman–Crippen MR) is 149 cm³/mol. The Kier molecular flexibility index (Phi) is 6.64. The molecule has 1 aliphatic heterocycles. The van der Waals surface area contributed by atoms with Gasteiger partial charge in [0.05, 0.1) is 5.57 Å². The second kappa shape index (κ2) is 10.4. The first-order valence-corrected chi connectivity index (χ1v) is 13.7. The van der Waals surface area contributed by atoms with E-state index in [0.717, 1.165) is 32.6 Å². The lowest BCUT2D eigenvalue weighted by Crippen LogP contribution is -2.29. The minimum Gasteiger partial charge on any atom is -0.507 e. The average Bonchev–Trinajstić information content (AvgIpc) is 3.54. The number of hydrogen-bond acceptors (Lipinski definition) is 8. The molecule has 0 spiro atoms. The van der Waals surface area contributed by atoms with Crippen LogP contribution in [-0.4, -0.2) is 32.0 Å². The van der Waals surface area contributed by atoms with Crippen molar-refractivity contribution in [2.75, 3.05) is 4.90 Å². The minimum atomic E-state index is -1.22. The van der Waals surface area contributed by atoms with Gasteiger partial charge in [0.2, 0.25) is 5.13 Å². The van der Waals surface area contributed by atoms with Crippen LogP contribution in [0.25, 0.3) is 16.5 Å². The molecule has 1 atom stereocenters. The summed E-state index contributed by atoms with van der Waals surface area (Å²) in [7, 11) is 0. The molecule has 0 saturated carbocycles. The fraction of sp³-hybridized carbons (Fsp3) is 0.0690. The second-order valence-corrected chi connectivity index (χ2v) is 10.9. The van der Waals surface area contributed by atoms with Crippen molar-refractivity contribution in [2.45, 2.75) is 16.1 Å². The number of ketones is 1. The number of nitrogens with zero attached hydrogens (tertiary/aromatic N) is 4. The first kappa shape index (κ1) is 24.9. The standard InChI is InChI=1S/C29H19FN4O3S2/c30-22-11-4-3-10-21(22)24-23(25(35)18-12-14-31-15-13-18)26(36)27(37)34(24)28-32-33-29(39-28)38-16-19-8-5-7-17-6-1-2-9-20(17)19/h1-15,24,35H,16H2. The number of fused-ring (bicyclic) bond motifs is 1. The molecule has 1 fully saturated rings. The molecule has 1 unspecified atom stereocenters. The summed E-state index contributed by atoms with van der Waals surface area (Å²) >= 11 is 2.59. The van der Waals surface area contributed by atoms with Crippen molar-refractivity contribution in [3.05, 3.63) is 119 Å².